The topological polar surface area (TPSA) is 80.3 Å². The van der Waals surface area contributed by atoms with Crippen molar-refractivity contribution in [3.05, 3.63) is 89.5 Å². The molecule has 7 heteroatoms. The van der Waals surface area contributed by atoms with E-state index in [0.29, 0.717) is 23.5 Å². The van der Waals surface area contributed by atoms with Gasteiger partial charge in [-0.1, -0.05) is 24.3 Å². The second kappa shape index (κ2) is 8.77. The molecule has 0 fully saturated rings. The van der Waals surface area contributed by atoms with Crippen molar-refractivity contribution in [2.24, 2.45) is 0 Å². The molecule has 0 atom stereocenters. The third-order valence-electron chi connectivity index (χ3n) is 3.99. The molecule has 0 aliphatic carbocycles. The van der Waals surface area contributed by atoms with E-state index in [1.165, 1.54) is 25.4 Å². The van der Waals surface area contributed by atoms with Crippen LogP contribution in [0.25, 0.3) is 0 Å². The quantitative estimate of drug-likeness (QED) is 0.636. The number of anilines is 2. The lowest BCUT2D eigenvalue weighted by Gasteiger charge is -2.11. The number of esters is 1. The smallest absolute Gasteiger partial charge is 0.339 e. The molecule has 3 rings (SSSR count). The minimum Gasteiger partial charge on any atom is -0.465 e. The van der Waals surface area contributed by atoms with Gasteiger partial charge in [-0.15, -0.1) is 0 Å². The van der Waals surface area contributed by atoms with E-state index < -0.39 is 11.9 Å². The number of hydrogen-bond acceptors (Lipinski definition) is 5. The first kappa shape index (κ1) is 19.0. The summed E-state index contributed by atoms with van der Waals surface area (Å²) in [6.07, 6.45) is 3.02. The SMILES string of the molecule is COC(=O)c1ccccc1NC(=O)c1cncc(NCc2ccc(F)cc2)c1. The third-order valence-corrected chi connectivity index (χ3v) is 3.99. The molecule has 6 nitrogen and oxygen atoms in total. The summed E-state index contributed by atoms with van der Waals surface area (Å²) in [4.78, 5) is 28.5. The van der Waals surface area contributed by atoms with Crippen LogP contribution in [-0.4, -0.2) is 24.0 Å². The van der Waals surface area contributed by atoms with Gasteiger partial charge in [-0.3, -0.25) is 9.78 Å². The summed E-state index contributed by atoms with van der Waals surface area (Å²) in [5.74, 6) is -1.24. The molecular weight excluding hydrogens is 361 g/mol. The van der Waals surface area contributed by atoms with E-state index in [-0.39, 0.29) is 11.4 Å². The lowest BCUT2D eigenvalue weighted by Crippen LogP contribution is -2.16. The highest BCUT2D eigenvalue weighted by molar-refractivity contribution is 6.08. The molecule has 0 radical (unpaired) electrons. The molecule has 0 spiro atoms. The zero-order valence-corrected chi connectivity index (χ0v) is 15.1. The summed E-state index contributed by atoms with van der Waals surface area (Å²) in [6, 6.07) is 14.4. The molecule has 2 aromatic carbocycles. The summed E-state index contributed by atoms with van der Waals surface area (Å²) >= 11 is 0. The molecule has 0 saturated carbocycles. The Labute approximate surface area is 161 Å². The van der Waals surface area contributed by atoms with Crippen LogP contribution in [0.2, 0.25) is 0 Å². The van der Waals surface area contributed by atoms with Gasteiger partial charge in [0.15, 0.2) is 0 Å². The van der Waals surface area contributed by atoms with E-state index in [4.69, 9.17) is 4.74 Å². The zero-order valence-electron chi connectivity index (χ0n) is 15.1. The number of para-hydroxylation sites is 1. The Balaban J connectivity index is 1.70. The van der Waals surface area contributed by atoms with Crippen molar-refractivity contribution >= 4 is 23.3 Å². The highest BCUT2D eigenvalue weighted by Gasteiger charge is 2.14. The fourth-order valence-electron chi connectivity index (χ4n) is 2.54. The molecule has 1 aromatic heterocycles. The number of methoxy groups -OCH3 is 1. The predicted octanol–water partition coefficient (Wildman–Crippen LogP) is 3.87. The fourth-order valence-corrected chi connectivity index (χ4v) is 2.54. The number of halogens is 1. The summed E-state index contributed by atoms with van der Waals surface area (Å²) < 4.78 is 17.7. The molecular formula is C21H18FN3O3. The minimum atomic E-state index is -0.538. The number of nitrogens with one attached hydrogen (secondary N) is 2. The van der Waals surface area contributed by atoms with Crippen molar-refractivity contribution in [2.75, 3.05) is 17.7 Å². The summed E-state index contributed by atoms with van der Waals surface area (Å²) in [5, 5.41) is 5.84. The van der Waals surface area contributed by atoms with Gasteiger partial charge in [-0.05, 0) is 35.9 Å². The van der Waals surface area contributed by atoms with Crippen molar-refractivity contribution < 1.29 is 18.7 Å². The van der Waals surface area contributed by atoms with Crippen LogP contribution in [-0.2, 0) is 11.3 Å². The number of hydrogen-bond donors (Lipinski definition) is 2. The van der Waals surface area contributed by atoms with Gasteiger partial charge < -0.3 is 15.4 Å². The number of rotatable bonds is 6. The van der Waals surface area contributed by atoms with Crippen LogP contribution in [0.3, 0.4) is 0 Å². The number of pyridine rings is 1. The first-order valence-electron chi connectivity index (χ1n) is 8.49. The molecule has 0 aliphatic heterocycles. The van der Waals surface area contributed by atoms with Crippen LogP contribution in [0.4, 0.5) is 15.8 Å². The molecule has 0 saturated heterocycles. The first-order valence-corrected chi connectivity index (χ1v) is 8.49. The van der Waals surface area contributed by atoms with Crippen molar-refractivity contribution in [2.45, 2.75) is 6.54 Å². The second-order valence-corrected chi connectivity index (χ2v) is 5.93. The van der Waals surface area contributed by atoms with Gasteiger partial charge in [0.25, 0.3) is 5.91 Å². The van der Waals surface area contributed by atoms with E-state index in [9.17, 15) is 14.0 Å². The van der Waals surface area contributed by atoms with E-state index in [1.807, 2.05) is 0 Å². The predicted molar refractivity (Wildman–Crippen MR) is 104 cm³/mol. The maximum Gasteiger partial charge on any atom is 0.339 e. The van der Waals surface area contributed by atoms with Crippen molar-refractivity contribution in [3.63, 3.8) is 0 Å². The van der Waals surface area contributed by atoms with Crippen LogP contribution in [0.5, 0.6) is 0 Å². The Kier molecular flexibility index (Phi) is 5.96. The summed E-state index contributed by atoms with van der Waals surface area (Å²) in [6.45, 7) is 0.457. The Morgan fingerprint density at radius 1 is 1.07 bits per heavy atom. The summed E-state index contributed by atoms with van der Waals surface area (Å²) in [7, 11) is 1.28. The number of aromatic nitrogens is 1. The Hall–Kier alpha value is -3.74. The van der Waals surface area contributed by atoms with E-state index >= 15 is 0 Å². The highest BCUT2D eigenvalue weighted by Crippen LogP contribution is 2.18. The number of carbonyl (C=O) groups is 2. The standard InChI is InChI=1S/C21H18FN3O3/c1-28-21(27)18-4-2-3-5-19(18)25-20(26)15-10-17(13-23-12-15)24-11-14-6-8-16(22)9-7-14/h2-10,12-13,24H,11H2,1H3,(H,25,26). The van der Waals surface area contributed by atoms with Gasteiger partial charge in [-0.25, -0.2) is 9.18 Å². The van der Waals surface area contributed by atoms with Gasteiger partial charge in [0, 0.05) is 18.9 Å². The number of ether oxygens (including phenoxy) is 1. The monoisotopic (exact) mass is 379 g/mol. The first-order chi connectivity index (χ1) is 13.6. The fraction of sp³-hybridized carbons (Fsp3) is 0.0952. The molecule has 3 aromatic rings. The second-order valence-electron chi connectivity index (χ2n) is 5.93. The number of nitrogens with zero attached hydrogens (tertiary/aromatic N) is 1. The number of amides is 1. The number of carbonyl (C=O) groups excluding carboxylic acids is 2. The van der Waals surface area contributed by atoms with Gasteiger partial charge in [-0.2, -0.15) is 0 Å². The lowest BCUT2D eigenvalue weighted by molar-refractivity contribution is 0.0602. The van der Waals surface area contributed by atoms with Gasteiger partial charge >= 0.3 is 5.97 Å². The van der Waals surface area contributed by atoms with Crippen molar-refractivity contribution in [1.29, 1.82) is 0 Å². The molecule has 28 heavy (non-hydrogen) atoms. The summed E-state index contributed by atoms with van der Waals surface area (Å²) in [5.41, 5.74) is 2.46. The van der Waals surface area contributed by atoms with E-state index in [0.717, 1.165) is 5.56 Å². The van der Waals surface area contributed by atoms with Gasteiger partial charge in [0.05, 0.1) is 29.6 Å². The average molecular weight is 379 g/mol. The largest absolute Gasteiger partial charge is 0.465 e. The van der Waals surface area contributed by atoms with Gasteiger partial charge in [0.2, 0.25) is 0 Å². The molecule has 0 bridgehead atoms. The van der Waals surface area contributed by atoms with E-state index in [2.05, 4.69) is 15.6 Å². The Morgan fingerprint density at radius 3 is 2.57 bits per heavy atom. The molecule has 1 heterocycles. The van der Waals surface area contributed by atoms with Crippen LogP contribution < -0.4 is 10.6 Å². The van der Waals surface area contributed by atoms with Gasteiger partial charge in [0.1, 0.15) is 5.82 Å². The minimum absolute atomic E-state index is 0.261. The van der Waals surface area contributed by atoms with Crippen LogP contribution in [0.1, 0.15) is 26.3 Å². The molecule has 0 unspecified atom stereocenters. The molecule has 0 aliphatic rings. The van der Waals surface area contributed by atoms with Crippen molar-refractivity contribution in [3.8, 4) is 0 Å². The third kappa shape index (κ3) is 4.70. The average Bonchev–Trinajstić information content (AvgIpc) is 2.73. The molecule has 2 N–H and O–H groups in total. The van der Waals surface area contributed by atoms with Crippen LogP contribution in [0, 0.1) is 5.82 Å². The zero-order chi connectivity index (χ0) is 19.9. The lowest BCUT2D eigenvalue weighted by atomic mass is 10.1. The normalized spacial score (nSPS) is 10.2. The Bertz CT molecular complexity index is 990. The number of benzene rings is 2. The van der Waals surface area contributed by atoms with Crippen LogP contribution >= 0.6 is 0 Å². The van der Waals surface area contributed by atoms with E-state index in [1.54, 1.807) is 48.7 Å². The molecule has 142 valence electrons. The molecule has 1 amide bonds. The maximum atomic E-state index is 13.0. The van der Waals surface area contributed by atoms with Crippen molar-refractivity contribution in [1.82, 2.24) is 4.98 Å². The Morgan fingerprint density at radius 2 is 1.82 bits per heavy atom. The van der Waals surface area contributed by atoms with Crippen LogP contribution in [0.15, 0.2) is 67.0 Å². The highest BCUT2D eigenvalue weighted by atomic mass is 19.1. The maximum absolute atomic E-state index is 13.0.